The summed E-state index contributed by atoms with van der Waals surface area (Å²) in [5.41, 5.74) is 1.82. The summed E-state index contributed by atoms with van der Waals surface area (Å²) in [4.78, 5) is 24.4. The number of benzene rings is 2. The van der Waals surface area contributed by atoms with Gasteiger partial charge in [0.15, 0.2) is 0 Å². The van der Waals surface area contributed by atoms with E-state index in [1.807, 2.05) is 6.07 Å². The Bertz CT molecular complexity index is 831. The normalized spacial score (nSPS) is 19.2. The topological polar surface area (TPSA) is 75.6 Å². The van der Waals surface area contributed by atoms with Crippen LogP contribution in [0.5, 0.6) is 0 Å². The van der Waals surface area contributed by atoms with Crippen LogP contribution in [0.4, 0.5) is 0 Å². The van der Waals surface area contributed by atoms with E-state index in [1.165, 1.54) is 0 Å². The van der Waals surface area contributed by atoms with E-state index in [9.17, 15) is 14.7 Å². The summed E-state index contributed by atoms with van der Waals surface area (Å²) in [6.07, 6.45) is 1.10. The second-order valence-electron chi connectivity index (χ2n) is 7.23. The molecule has 2 N–H and O–H groups in total. The number of carbonyl (C=O) groups excluding carboxylic acids is 1. The lowest BCUT2D eigenvalue weighted by Crippen LogP contribution is -2.35. The highest BCUT2D eigenvalue weighted by Gasteiger charge is 2.31. The number of aromatic carboxylic acids is 1. The minimum atomic E-state index is -1.01. The van der Waals surface area contributed by atoms with Gasteiger partial charge in [-0.15, -0.1) is 0 Å². The van der Waals surface area contributed by atoms with Gasteiger partial charge in [0.25, 0.3) is 5.91 Å². The molecule has 1 aliphatic rings. The predicted octanol–water partition coefficient (Wildman–Crippen LogP) is 3.84. The van der Waals surface area contributed by atoms with Crippen LogP contribution in [0.2, 0.25) is 0 Å². The van der Waals surface area contributed by atoms with Crippen molar-refractivity contribution < 1.29 is 19.4 Å². The van der Waals surface area contributed by atoms with E-state index in [4.69, 9.17) is 4.74 Å². The third-order valence-electron chi connectivity index (χ3n) is 5.06. The predicted molar refractivity (Wildman–Crippen MR) is 104 cm³/mol. The zero-order valence-electron chi connectivity index (χ0n) is 15.6. The molecule has 5 heteroatoms. The Kier molecular flexibility index (Phi) is 5.91. The van der Waals surface area contributed by atoms with Crippen LogP contribution in [-0.2, 0) is 4.74 Å². The molecule has 27 heavy (non-hydrogen) atoms. The van der Waals surface area contributed by atoms with Crippen LogP contribution >= 0.6 is 0 Å². The second-order valence-corrected chi connectivity index (χ2v) is 7.23. The Morgan fingerprint density at radius 2 is 1.67 bits per heavy atom. The molecule has 2 unspecified atom stereocenters. The molecule has 0 spiro atoms. The molecule has 0 radical (unpaired) electrons. The second kappa shape index (κ2) is 8.35. The van der Waals surface area contributed by atoms with Gasteiger partial charge in [-0.25, -0.2) is 4.79 Å². The molecule has 5 nitrogen and oxygen atoms in total. The fourth-order valence-electron chi connectivity index (χ4n) is 3.75. The highest BCUT2D eigenvalue weighted by Crippen LogP contribution is 2.28. The molecule has 1 saturated heterocycles. The van der Waals surface area contributed by atoms with E-state index in [-0.39, 0.29) is 17.6 Å². The summed E-state index contributed by atoms with van der Waals surface area (Å²) >= 11 is 0. The molecular formula is C22H25NO4. The lowest BCUT2D eigenvalue weighted by atomic mass is 9.92. The van der Waals surface area contributed by atoms with Gasteiger partial charge >= 0.3 is 5.97 Å². The fraction of sp³-hybridized carbons (Fsp3) is 0.364. The Labute approximate surface area is 159 Å². The molecule has 0 aliphatic carbocycles. The Morgan fingerprint density at radius 3 is 2.30 bits per heavy atom. The fourth-order valence-corrected chi connectivity index (χ4v) is 3.75. The van der Waals surface area contributed by atoms with Crippen LogP contribution in [0.1, 0.15) is 41.0 Å². The van der Waals surface area contributed by atoms with Crippen LogP contribution in [0.15, 0.2) is 48.5 Å². The molecule has 0 saturated carbocycles. The molecule has 1 fully saturated rings. The first-order chi connectivity index (χ1) is 13.0. The first-order valence-electron chi connectivity index (χ1n) is 9.30. The summed E-state index contributed by atoms with van der Waals surface area (Å²) in [5.74, 6) is -0.500. The maximum absolute atomic E-state index is 12.9. The van der Waals surface area contributed by atoms with E-state index < -0.39 is 5.97 Å². The first kappa shape index (κ1) is 19.1. The monoisotopic (exact) mass is 367 g/mol. The number of carboxylic acids is 1. The van der Waals surface area contributed by atoms with Gasteiger partial charge in [-0.3, -0.25) is 4.79 Å². The Morgan fingerprint density at radius 1 is 1.07 bits per heavy atom. The highest BCUT2D eigenvalue weighted by atomic mass is 16.5. The molecule has 1 amide bonds. The molecule has 2 atom stereocenters. The Hall–Kier alpha value is -2.66. The van der Waals surface area contributed by atoms with Crippen molar-refractivity contribution in [2.75, 3.05) is 13.2 Å². The third-order valence-corrected chi connectivity index (χ3v) is 5.06. The van der Waals surface area contributed by atoms with Crippen LogP contribution < -0.4 is 5.32 Å². The molecule has 0 bridgehead atoms. The number of nitrogens with one attached hydrogen (secondary N) is 1. The molecule has 2 aromatic rings. The summed E-state index contributed by atoms with van der Waals surface area (Å²) in [7, 11) is 0. The van der Waals surface area contributed by atoms with E-state index >= 15 is 0 Å². The van der Waals surface area contributed by atoms with Crippen molar-refractivity contribution in [3.63, 3.8) is 0 Å². The van der Waals surface area contributed by atoms with Gasteiger partial charge in [0.1, 0.15) is 0 Å². The summed E-state index contributed by atoms with van der Waals surface area (Å²) in [5, 5.41) is 12.5. The zero-order chi connectivity index (χ0) is 19.4. The SMILES string of the molecule is CC(C)C1OCCC1CNC(=O)c1ccccc1-c1ccccc1C(=O)O. The standard InChI is InChI=1S/C22H25NO4/c1-14(2)20-15(11-12-27-20)13-23-21(24)18-9-5-3-7-16(18)17-8-4-6-10-19(17)22(25)26/h3-10,14-15,20H,11-13H2,1-2H3,(H,23,24)(H,25,26). The molecule has 1 heterocycles. The smallest absolute Gasteiger partial charge is 0.336 e. The van der Waals surface area contributed by atoms with E-state index in [0.29, 0.717) is 35.1 Å². The maximum Gasteiger partial charge on any atom is 0.336 e. The quantitative estimate of drug-likeness (QED) is 0.813. The lowest BCUT2D eigenvalue weighted by Gasteiger charge is -2.22. The van der Waals surface area contributed by atoms with E-state index in [1.54, 1.807) is 42.5 Å². The van der Waals surface area contributed by atoms with Gasteiger partial charge in [-0.2, -0.15) is 0 Å². The average Bonchev–Trinajstić information content (AvgIpc) is 3.15. The van der Waals surface area contributed by atoms with Crippen LogP contribution in [0.25, 0.3) is 11.1 Å². The van der Waals surface area contributed by atoms with Crippen LogP contribution in [0.3, 0.4) is 0 Å². The number of rotatable bonds is 6. The molecule has 3 rings (SSSR count). The molecule has 2 aromatic carbocycles. The number of ether oxygens (including phenoxy) is 1. The van der Waals surface area contributed by atoms with Crippen molar-refractivity contribution in [2.45, 2.75) is 26.4 Å². The van der Waals surface area contributed by atoms with Gasteiger partial charge < -0.3 is 15.2 Å². The number of hydrogen-bond acceptors (Lipinski definition) is 3. The first-order valence-corrected chi connectivity index (χ1v) is 9.30. The molecular weight excluding hydrogens is 342 g/mol. The maximum atomic E-state index is 12.9. The molecule has 142 valence electrons. The van der Waals surface area contributed by atoms with Crippen molar-refractivity contribution in [3.05, 3.63) is 59.7 Å². The summed E-state index contributed by atoms with van der Waals surface area (Å²) in [6, 6.07) is 13.9. The van der Waals surface area contributed by atoms with Crippen molar-refractivity contribution in [3.8, 4) is 11.1 Å². The van der Waals surface area contributed by atoms with Gasteiger partial charge in [-0.05, 0) is 35.6 Å². The van der Waals surface area contributed by atoms with Crippen LogP contribution in [-0.4, -0.2) is 36.2 Å². The van der Waals surface area contributed by atoms with Gasteiger partial charge in [0, 0.05) is 24.6 Å². The van der Waals surface area contributed by atoms with Gasteiger partial charge in [-0.1, -0.05) is 50.2 Å². The molecule has 0 aromatic heterocycles. The van der Waals surface area contributed by atoms with Crippen molar-refractivity contribution in [1.29, 1.82) is 0 Å². The van der Waals surface area contributed by atoms with E-state index in [2.05, 4.69) is 19.2 Å². The van der Waals surface area contributed by atoms with E-state index in [0.717, 1.165) is 13.0 Å². The zero-order valence-corrected chi connectivity index (χ0v) is 15.6. The third kappa shape index (κ3) is 4.19. The summed E-state index contributed by atoms with van der Waals surface area (Å²) in [6.45, 7) is 5.54. The van der Waals surface area contributed by atoms with Gasteiger partial charge in [0.2, 0.25) is 0 Å². The largest absolute Gasteiger partial charge is 0.478 e. The number of carbonyl (C=O) groups is 2. The highest BCUT2D eigenvalue weighted by molar-refractivity contribution is 6.04. The Balaban J connectivity index is 1.82. The van der Waals surface area contributed by atoms with Crippen molar-refractivity contribution in [2.24, 2.45) is 11.8 Å². The minimum absolute atomic E-state index is 0.160. The van der Waals surface area contributed by atoms with Gasteiger partial charge in [0.05, 0.1) is 11.7 Å². The van der Waals surface area contributed by atoms with Crippen LogP contribution in [0, 0.1) is 11.8 Å². The average molecular weight is 367 g/mol. The van der Waals surface area contributed by atoms with Crippen molar-refractivity contribution in [1.82, 2.24) is 5.32 Å². The number of hydrogen-bond donors (Lipinski definition) is 2. The van der Waals surface area contributed by atoms with Crippen molar-refractivity contribution >= 4 is 11.9 Å². The number of amides is 1. The number of carboxylic acid groups (broad SMARTS) is 1. The summed E-state index contributed by atoms with van der Waals surface area (Å²) < 4.78 is 5.78. The minimum Gasteiger partial charge on any atom is -0.478 e. The lowest BCUT2D eigenvalue weighted by molar-refractivity contribution is 0.0533. The molecule has 1 aliphatic heterocycles.